The van der Waals surface area contributed by atoms with Crippen LogP contribution in [0.25, 0.3) is 21.8 Å². The Morgan fingerprint density at radius 3 is 1.53 bits per heavy atom. The van der Waals surface area contributed by atoms with Crippen LogP contribution in [0.1, 0.15) is 21.5 Å². The van der Waals surface area contributed by atoms with Gasteiger partial charge in [0, 0.05) is 10.8 Å². The topological polar surface area (TPSA) is 136 Å². The van der Waals surface area contributed by atoms with E-state index >= 15 is 0 Å². The fourth-order valence-electron chi connectivity index (χ4n) is 3.76. The first kappa shape index (κ1) is 26.9. The summed E-state index contributed by atoms with van der Waals surface area (Å²) in [5.41, 5.74) is 3.51. The minimum atomic E-state index is -3.98. The zero-order chi connectivity index (χ0) is 27.5. The van der Waals surface area contributed by atoms with Crippen molar-refractivity contribution in [2.45, 2.75) is 23.6 Å². The molecule has 0 fully saturated rings. The number of carbonyl (C=O) groups excluding carboxylic acids is 1. The number of nitrogens with zero attached hydrogens (tertiary/aromatic N) is 1. The Morgan fingerprint density at radius 2 is 1.08 bits per heavy atom. The van der Waals surface area contributed by atoms with E-state index in [1.54, 1.807) is 60.7 Å². The number of hydrogen-bond donors (Lipinski definition) is 2. The molecule has 0 atom stereocenters. The predicted octanol–water partition coefficient (Wildman–Crippen LogP) is 4.46. The van der Waals surface area contributed by atoms with Crippen molar-refractivity contribution >= 4 is 47.8 Å². The van der Waals surface area contributed by atoms with Crippen LogP contribution >= 0.6 is 0 Å². The second kappa shape index (κ2) is 10.7. The van der Waals surface area contributed by atoms with Gasteiger partial charge >= 0.3 is 0 Å². The molecule has 8 nitrogen and oxygen atoms in total. The monoisotopic (exact) mass is 547 g/mol. The van der Waals surface area contributed by atoms with Crippen LogP contribution < -0.4 is 9.86 Å². The maximum absolute atomic E-state index is 13.0. The number of primary sulfonamides is 1. The molecule has 0 aliphatic carbocycles. The van der Waals surface area contributed by atoms with E-state index in [1.807, 2.05) is 26.0 Å². The molecule has 0 bridgehead atoms. The van der Waals surface area contributed by atoms with E-state index in [0.717, 1.165) is 11.1 Å². The first-order valence-electron chi connectivity index (χ1n) is 11.5. The molecule has 1 heterocycles. The molecule has 10 heteroatoms. The average Bonchev–Trinajstić information content (AvgIpc) is 2.87. The summed E-state index contributed by atoms with van der Waals surface area (Å²) in [5, 5.41) is 6.09. The summed E-state index contributed by atoms with van der Waals surface area (Å²) in [6.45, 7) is 3.75. The van der Waals surface area contributed by atoms with Crippen molar-refractivity contribution in [1.29, 1.82) is 0 Å². The molecule has 5 rings (SSSR count). The Labute approximate surface area is 221 Å². The van der Waals surface area contributed by atoms with Gasteiger partial charge in [-0.2, -0.15) is 0 Å². The van der Waals surface area contributed by atoms with Crippen molar-refractivity contribution in [2.24, 2.45) is 5.14 Å². The number of rotatable bonds is 4. The lowest BCUT2D eigenvalue weighted by Crippen LogP contribution is -2.31. The van der Waals surface area contributed by atoms with Crippen LogP contribution in [0, 0.1) is 13.8 Å². The number of aromatic nitrogens is 1. The van der Waals surface area contributed by atoms with Crippen LogP contribution in [-0.4, -0.2) is 27.7 Å². The molecule has 1 amide bonds. The molecule has 0 unspecified atom stereocenters. The molecule has 5 aromatic rings. The number of fused-ring (bicyclic) bond motifs is 2. The van der Waals surface area contributed by atoms with Crippen LogP contribution in [0.4, 0.5) is 0 Å². The van der Waals surface area contributed by atoms with Gasteiger partial charge in [-0.05, 0) is 50.2 Å². The maximum atomic E-state index is 13.0. The number of sulfonamides is 2. The standard InChI is InChI=1S/C21H16N2O3S.C7H9NO2S/c1-14-10-12-15(13-11-14)27(25,26)23-21(24)20-16-6-2-4-8-18(16)22-19-9-5-3-7-17(19)20;1-6-2-4-7(5-3-6)11(8,9)10/h2-13H,1H3,(H,23,24);2-5H,1H3,(H2,8,9,10). The number of carbonyl (C=O) groups is 1. The second-order valence-electron chi connectivity index (χ2n) is 8.63. The number of pyridine rings is 1. The lowest BCUT2D eigenvalue weighted by atomic mass is 10.0. The SMILES string of the molecule is Cc1ccc(S(=O)(=O)NC(=O)c2c3ccccc3nc3ccccc23)cc1.Cc1ccc(S(N)(=O)=O)cc1. The number of para-hydroxylation sites is 2. The zero-order valence-corrected chi connectivity index (χ0v) is 22.3. The third-order valence-corrected chi connectivity index (χ3v) is 8.00. The molecule has 1 aromatic heterocycles. The van der Waals surface area contributed by atoms with Crippen LogP contribution in [0.3, 0.4) is 0 Å². The van der Waals surface area contributed by atoms with Crippen molar-refractivity contribution in [3.63, 3.8) is 0 Å². The van der Waals surface area contributed by atoms with E-state index in [0.29, 0.717) is 27.4 Å². The van der Waals surface area contributed by atoms with Gasteiger partial charge in [0.1, 0.15) is 0 Å². The third-order valence-electron chi connectivity index (χ3n) is 5.72. The van der Waals surface area contributed by atoms with Crippen molar-refractivity contribution < 1.29 is 21.6 Å². The van der Waals surface area contributed by atoms with Crippen molar-refractivity contribution in [2.75, 3.05) is 0 Å². The van der Waals surface area contributed by atoms with Crippen molar-refractivity contribution in [1.82, 2.24) is 9.71 Å². The number of aryl methyl sites for hydroxylation is 2. The summed E-state index contributed by atoms with van der Waals surface area (Å²) in [6, 6.07) is 27.1. The highest BCUT2D eigenvalue weighted by atomic mass is 32.2. The normalized spacial score (nSPS) is 11.6. The fraction of sp³-hybridized carbons (Fsp3) is 0.0714. The Kier molecular flexibility index (Phi) is 7.58. The summed E-state index contributed by atoms with van der Waals surface area (Å²) in [7, 11) is -7.50. The predicted molar refractivity (Wildman–Crippen MR) is 148 cm³/mol. The van der Waals surface area contributed by atoms with Gasteiger partial charge in [0.25, 0.3) is 15.9 Å². The summed E-state index contributed by atoms with van der Waals surface area (Å²) >= 11 is 0. The molecule has 194 valence electrons. The van der Waals surface area contributed by atoms with Crippen LogP contribution in [-0.2, 0) is 20.0 Å². The quantitative estimate of drug-likeness (QED) is 0.319. The summed E-state index contributed by atoms with van der Waals surface area (Å²) in [4.78, 5) is 17.8. The Bertz CT molecular complexity index is 1800. The molecule has 4 aromatic carbocycles. The first-order valence-corrected chi connectivity index (χ1v) is 14.5. The molecule has 0 radical (unpaired) electrons. The van der Waals surface area contributed by atoms with E-state index in [4.69, 9.17) is 5.14 Å². The molecule has 3 N–H and O–H groups in total. The Balaban J connectivity index is 0.000000257. The van der Waals surface area contributed by atoms with Gasteiger partial charge in [-0.15, -0.1) is 0 Å². The minimum Gasteiger partial charge on any atom is -0.268 e. The van der Waals surface area contributed by atoms with Gasteiger partial charge in [-0.25, -0.2) is 31.7 Å². The Hall–Kier alpha value is -4.12. The highest BCUT2D eigenvalue weighted by Gasteiger charge is 2.22. The molecule has 0 aliphatic rings. The zero-order valence-electron chi connectivity index (χ0n) is 20.6. The van der Waals surface area contributed by atoms with Crippen molar-refractivity contribution in [3.05, 3.63) is 114 Å². The van der Waals surface area contributed by atoms with Gasteiger partial charge in [0.2, 0.25) is 10.0 Å². The van der Waals surface area contributed by atoms with Gasteiger partial charge in [0.15, 0.2) is 0 Å². The van der Waals surface area contributed by atoms with Crippen LogP contribution in [0.2, 0.25) is 0 Å². The second-order valence-corrected chi connectivity index (χ2v) is 11.9. The Morgan fingerprint density at radius 1 is 0.658 bits per heavy atom. The van der Waals surface area contributed by atoms with E-state index in [9.17, 15) is 21.6 Å². The summed E-state index contributed by atoms with van der Waals surface area (Å²) in [5.74, 6) is -0.676. The van der Waals surface area contributed by atoms with E-state index in [-0.39, 0.29) is 9.79 Å². The number of nitrogens with two attached hydrogens (primary N) is 1. The molecule has 38 heavy (non-hydrogen) atoms. The van der Waals surface area contributed by atoms with Crippen LogP contribution in [0.5, 0.6) is 0 Å². The largest absolute Gasteiger partial charge is 0.268 e. The van der Waals surface area contributed by atoms with E-state index in [1.165, 1.54) is 24.3 Å². The van der Waals surface area contributed by atoms with Gasteiger partial charge in [-0.3, -0.25) is 4.79 Å². The molecule has 0 saturated carbocycles. The van der Waals surface area contributed by atoms with Gasteiger partial charge in [0.05, 0.1) is 26.4 Å². The lowest BCUT2D eigenvalue weighted by molar-refractivity contribution is 0.0984. The number of nitrogens with one attached hydrogen (secondary N) is 1. The maximum Gasteiger partial charge on any atom is 0.266 e. The number of amides is 1. The third kappa shape index (κ3) is 6.05. The molecule has 0 saturated heterocycles. The molecule has 0 spiro atoms. The van der Waals surface area contributed by atoms with Crippen molar-refractivity contribution in [3.8, 4) is 0 Å². The summed E-state index contributed by atoms with van der Waals surface area (Å²) < 4.78 is 48.9. The minimum absolute atomic E-state index is 0.0455. The number of benzene rings is 4. The molecule has 0 aliphatic heterocycles. The summed E-state index contributed by atoms with van der Waals surface area (Å²) in [6.07, 6.45) is 0. The fourth-order valence-corrected chi connectivity index (χ4v) is 5.24. The smallest absolute Gasteiger partial charge is 0.266 e. The van der Waals surface area contributed by atoms with Gasteiger partial charge < -0.3 is 0 Å². The highest BCUT2D eigenvalue weighted by Crippen LogP contribution is 2.26. The van der Waals surface area contributed by atoms with E-state index in [2.05, 4.69) is 9.71 Å². The lowest BCUT2D eigenvalue weighted by Gasteiger charge is -2.12. The molecular weight excluding hydrogens is 522 g/mol. The van der Waals surface area contributed by atoms with Gasteiger partial charge in [-0.1, -0.05) is 71.8 Å². The first-order chi connectivity index (χ1) is 18.0. The highest BCUT2D eigenvalue weighted by molar-refractivity contribution is 7.90. The molecular formula is C28H25N3O5S2. The van der Waals surface area contributed by atoms with Crippen LogP contribution in [0.15, 0.2) is 107 Å². The average molecular weight is 548 g/mol. The number of hydrogen-bond acceptors (Lipinski definition) is 6. The van der Waals surface area contributed by atoms with E-state index < -0.39 is 26.0 Å².